The van der Waals surface area contributed by atoms with Gasteiger partial charge in [-0.3, -0.25) is 4.79 Å². The van der Waals surface area contributed by atoms with Crippen LogP contribution in [0, 0.1) is 40.4 Å². The van der Waals surface area contributed by atoms with E-state index in [1.807, 2.05) is 0 Å². The Morgan fingerprint density at radius 3 is 2.75 bits per heavy atom. The molecule has 3 saturated carbocycles. The Balaban J connectivity index is 1.51. The second-order valence-corrected chi connectivity index (χ2v) is 11.0. The van der Waals surface area contributed by atoms with Gasteiger partial charge in [0.1, 0.15) is 0 Å². The van der Waals surface area contributed by atoms with E-state index in [0.717, 1.165) is 42.9 Å². The van der Waals surface area contributed by atoms with E-state index >= 15 is 0 Å². The molecule has 0 aliphatic heterocycles. The van der Waals surface area contributed by atoms with Gasteiger partial charge < -0.3 is 9.84 Å². The summed E-state index contributed by atoms with van der Waals surface area (Å²) < 4.78 is 4.87. The van der Waals surface area contributed by atoms with Crippen LogP contribution in [0.1, 0.15) is 85.0 Å². The number of carbonyl (C=O) groups excluding carboxylic acids is 1. The number of fused-ring (bicyclic) bond motifs is 5. The first-order chi connectivity index (χ1) is 13.3. The Morgan fingerprint density at radius 1 is 1.21 bits per heavy atom. The molecular weight excluding hydrogens is 348 g/mol. The summed E-state index contributed by atoms with van der Waals surface area (Å²) in [5.74, 6) is 3.74. The standard InChI is InChI=1S/C25H40O3/c1-16(5-10-23(27)28-4)20-8-9-21-19-7-6-17-15-18(26)11-13-24(17,2)22(19)12-14-25(20,21)3/h6,16,18-22,26H,5,7-15H2,1-4H3/t16-,18+,19-,20+,21+,22-,24+,25-/m1/s1. The van der Waals surface area contributed by atoms with Crippen molar-refractivity contribution in [3.05, 3.63) is 11.6 Å². The van der Waals surface area contributed by atoms with Crippen molar-refractivity contribution in [2.24, 2.45) is 40.4 Å². The number of aliphatic hydroxyl groups excluding tert-OH is 1. The molecule has 0 heterocycles. The molecule has 8 atom stereocenters. The van der Waals surface area contributed by atoms with Crippen molar-refractivity contribution >= 4 is 5.97 Å². The van der Waals surface area contributed by atoms with Crippen molar-refractivity contribution in [3.8, 4) is 0 Å². The predicted octanol–water partition coefficient (Wildman–Crippen LogP) is 5.52. The van der Waals surface area contributed by atoms with Crippen LogP contribution in [-0.4, -0.2) is 24.3 Å². The Bertz CT molecular complexity index is 640. The highest BCUT2D eigenvalue weighted by Crippen LogP contribution is 2.67. The number of hydrogen-bond acceptors (Lipinski definition) is 3. The molecule has 0 saturated heterocycles. The first-order valence-electron chi connectivity index (χ1n) is 11.7. The molecule has 0 spiro atoms. The molecule has 3 nitrogen and oxygen atoms in total. The average Bonchev–Trinajstić information content (AvgIpc) is 3.03. The number of allylic oxidation sites excluding steroid dienone is 1. The van der Waals surface area contributed by atoms with Crippen LogP contribution in [0.2, 0.25) is 0 Å². The molecule has 3 heteroatoms. The normalized spacial score (nSPS) is 46.0. The summed E-state index contributed by atoms with van der Waals surface area (Å²) in [7, 11) is 1.50. The molecule has 4 aliphatic rings. The van der Waals surface area contributed by atoms with Gasteiger partial charge in [-0.05, 0) is 98.2 Å². The molecular formula is C25H40O3. The third-order valence-corrected chi connectivity index (χ3v) is 9.87. The molecule has 1 N–H and O–H groups in total. The molecule has 0 bridgehead atoms. The van der Waals surface area contributed by atoms with Crippen LogP contribution < -0.4 is 0 Å². The molecule has 4 aliphatic carbocycles. The zero-order chi connectivity index (χ0) is 20.1. The van der Waals surface area contributed by atoms with Crippen molar-refractivity contribution in [2.75, 3.05) is 7.11 Å². The van der Waals surface area contributed by atoms with Crippen LogP contribution in [0.3, 0.4) is 0 Å². The lowest BCUT2D eigenvalue weighted by molar-refractivity contribution is -0.141. The van der Waals surface area contributed by atoms with E-state index in [1.54, 1.807) is 5.57 Å². The van der Waals surface area contributed by atoms with Gasteiger partial charge in [0, 0.05) is 6.42 Å². The van der Waals surface area contributed by atoms with E-state index in [4.69, 9.17) is 4.74 Å². The summed E-state index contributed by atoms with van der Waals surface area (Å²) in [4.78, 5) is 11.6. The highest BCUT2D eigenvalue weighted by atomic mass is 16.5. The van der Waals surface area contributed by atoms with Gasteiger partial charge in [0.05, 0.1) is 13.2 Å². The van der Waals surface area contributed by atoms with E-state index in [1.165, 1.54) is 45.6 Å². The fourth-order valence-electron chi connectivity index (χ4n) is 8.27. The third-order valence-electron chi connectivity index (χ3n) is 9.87. The van der Waals surface area contributed by atoms with Gasteiger partial charge in [0.2, 0.25) is 0 Å². The fraction of sp³-hybridized carbons (Fsp3) is 0.880. The summed E-state index contributed by atoms with van der Waals surface area (Å²) in [6, 6.07) is 0. The first-order valence-corrected chi connectivity index (χ1v) is 11.7. The number of hydrogen-bond donors (Lipinski definition) is 1. The van der Waals surface area contributed by atoms with Crippen LogP contribution in [0.5, 0.6) is 0 Å². The van der Waals surface area contributed by atoms with Gasteiger partial charge in [-0.1, -0.05) is 32.4 Å². The van der Waals surface area contributed by atoms with Gasteiger partial charge in [-0.15, -0.1) is 0 Å². The highest BCUT2D eigenvalue weighted by molar-refractivity contribution is 5.69. The molecule has 0 radical (unpaired) electrons. The summed E-state index contributed by atoms with van der Waals surface area (Å²) in [5.41, 5.74) is 2.34. The van der Waals surface area contributed by atoms with Crippen LogP contribution >= 0.6 is 0 Å². The lowest BCUT2D eigenvalue weighted by Crippen LogP contribution is -2.50. The molecule has 3 fully saturated rings. The van der Waals surface area contributed by atoms with E-state index in [9.17, 15) is 9.90 Å². The molecule has 0 aromatic heterocycles. The number of rotatable bonds is 4. The van der Waals surface area contributed by atoms with E-state index in [2.05, 4.69) is 26.8 Å². The minimum atomic E-state index is -0.115. The zero-order valence-corrected chi connectivity index (χ0v) is 18.4. The molecule has 28 heavy (non-hydrogen) atoms. The Kier molecular flexibility index (Phi) is 5.44. The van der Waals surface area contributed by atoms with Gasteiger partial charge in [-0.25, -0.2) is 0 Å². The van der Waals surface area contributed by atoms with Gasteiger partial charge in [0.15, 0.2) is 0 Å². The Hall–Kier alpha value is -0.830. The monoisotopic (exact) mass is 388 g/mol. The van der Waals surface area contributed by atoms with Crippen LogP contribution in [-0.2, 0) is 9.53 Å². The quantitative estimate of drug-likeness (QED) is 0.510. The van der Waals surface area contributed by atoms with E-state index in [0.29, 0.717) is 23.2 Å². The van der Waals surface area contributed by atoms with Crippen molar-refractivity contribution in [1.82, 2.24) is 0 Å². The predicted molar refractivity (Wildman–Crippen MR) is 112 cm³/mol. The summed E-state index contributed by atoms with van der Waals surface area (Å²) >= 11 is 0. The van der Waals surface area contributed by atoms with E-state index < -0.39 is 0 Å². The molecule has 0 aromatic rings. The van der Waals surface area contributed by atoms with Gasteiger partial charge in [0.25, 0.3) is 0 Å². The molecule has 0 unspecified atom stereocenters. The summed E-state index contributed by atoms with van der Waals surface area (Å²) in [6.45, 7) is 7.46. The van der Waals surface area contributed by atoms with Gasteiger partial charge in [-0.2, -0.15) is 0 Å². The molecule has 4 rings (SSSR count). The topological polar surface area (TPSA) is 46.5 Å². The zero-order valence-electron chi connectivity index (χ0n) is 18.4. The van der Waals surface area contributed by atoms with Crippen molar-refractivity contribution in [3.63, 3.8) is 0 Å². The maximum absolute atomic E-state index is 11.6. The summed E-state index contributed by atoms with van der Waals surface area (Å²) in [5, 5.41) is 10.2. The maximum Gasteiger partial charge on any atom is 0.305 e. The third kappa shape index (κ3) is 3.16. The molecule has 0 amide bonds. The fourth-order valence-corrected chi connectivity index (χ4v) is 8.27. The van der Waals surface area contributed by atoms with Crippen molar-refractivity contribution < 1.29 is 14.6 Å². The highest BCUT2D eigenvalue weighted by Gasteiger charge is 2.59. The molecule has 158 valence electrons. The average molecular weight is 389 g/mol. The largest absolute Gasteiger partial charge is 0.469 e. The Morgan fingerprint density at radius 2 is 2.00 bits per heavy atom. The number of carbonyl (C=O) groups is 1. The SMILES string of the molecule is COC(=O)CC[C@@H](C)[C@@H]1CC[C@H]2[C@H]3CC=C4C[C@@H](O)CC[C@]4(C)[C@@H]3CC[C@@]21C. The minimum absolute atomic E-state index is 0.0624. The van der Waals surface area contributed by atoms with Crippen LogP contribution in [0.4, 0.5) is 0 Å². The van der Waals surface area contributed by atoms with E-state index in [-0.39, 0.29) is 12.1 Å². The summed E-state index contributed by atoms with van der Waals surface area (Å²) in [6.07, 6.45) is 13.6. The smallest absolute Gasteiger partial charge is 0.305 e. The minimum Gasteiger partial charge on any atom is -0.469 e. The maximum atomic E-state index is 11.6. The number of esters is 1. The number of aliphatic hydroxyl groups is 1. The van der Waals surface area contributed by atoms with Gasteiger partial charge >= 0.3 is 5.97 Å². The van der Waals surface area contributed by atoms with Crippen LogP contribution in [0.15, 0.2) is 11.6 Å². The van der Waals surface area contributed by atoms with Crippen molar-refractivity contribution in [1.29, 1.82) is 0 Å². The lowest BCUT2D eigenvalue weighted by Gasteiger charge is -2.58. The van der Waals surface area contributed by atoms with Crippen molar-refractivity contribution in [2.45, 2.75) is 91.1 Å². The second-order valence-electron chi connectivity index (χ2n) is 11.0. The number of methoxy groups -OCH3 is 1. The lowest BCUT2D eigenvalue weighted by atomic mass is 9.47. The number of ether oxygens (including phenoxy) is 1. The molecule has 0 aromatic carbocycles. The first kappa shape index (κ1) is 20.4. The second kappa shape index (κ2) is 7.45. The van der Waals surface area contributed by atoms with Crippen LogP contribution in [0.25, 0.3) is 0 Å². The Labute approximate surface area is 171 Å².